The Labute approximate surface area is 621 Å². The summed E-state index contributed by atoms with van der Waals surface area (Å²) in [4.78, 5) is 53.5. The molecule has 0 spiro atoms. The second kappa shape index (κ2) is 47.3. The first-order valence-electron chi connectivity index (χ1n) is 36.0. The van der Waals surface area contributed by atoms with Gasteiger partial charge in [0.25, 0.3) is 17.7 Å². The molecule has 0 radical (unpaired) electrons. The minimum atomic E-state index is -3.94. The number of anilines is 3. The van der Waals surface area contributed by atoms with Gasteiger partial charge in [0.2, 0.25) is 0 Å². The normalized spacial score (nSPS) is 14.9. The number of rotatable bonds is 39. The van der Waals surface area contributed by atoms with Crippen LogP contribution < -0.4 is 42.4 Å². The lowest BCUT2D eigenvalue weighted by atomic mass is 10.0. The van der Waals surface area contributed by atoms with Crippen LogP contribution in [0.25, 0.3) is 50.5 Å². The van der Waals surface area contributed by atoms with Crippen LogP contribution in [-0.2, 0) is 70.2 Å². The molecule has 3 aliphatic heterocycles. The van der Waals surface area contributed by atoms with E-state index in [4.69, 9.17) is 49.6 Å². The summed E-state index contributed by atoms with van der Waals surface area (Å²) in [6, 6.07) is 43.1. The minimum absolute atomic E-state index is 0.0119. The lowest BCUT2D eigenvalue weighted by Crippen LogP contribution is -2.29. The molecule has 1 atom stereocenters. The average Bonchev–Trinajstić information content (AvgIpc) is 0.823. The van der Waals surface area contributed by atoms with Crippen LogP contribution in [0.1, 0.15) is 87.8 Å². The molecule has 3 saturated heterocycles. The Hall–Kier alpha value is -8.46. The summed E-state index contributed by atoms with van der Waals surface area (Å²) in [5.74, 6) is 8.19. The number of hydrogen-bond donors (Lipinski definition) is 6. The first-order chi connectivity index (χ1) is 51.5. The van der Waals surface area contributed by atoms with Crippen molar-refractivity contribution < 1.29 is 75.1 Å². The third kappa shape index (κ3) is 30.4. The molecule has 3 fully saturated rings. The van der Waals surface area contributed by atoms with Crippen LogP contribution in [0.15, 0.2) is 126 Å². The highest BCUT2D eigenvalue weighted by Gasteiger charge is 2.25. The second-order valence-electron chi connectivity index (χ2n) is 25.1. The molecule has 3 aliphatic rings. The second-order valence-corrected chi connectivity index (χ2v) is 28.5. The number of carbonyl (C=O) groups excluding carboxylic acids is 3. The van der Waals surface area contributed by atoms with E-state index >= 15 is 0 Å². The molecule has 0 saturated carbocycles. The number of piperidine rings is 3. The van der Waals surface area contributed by atoms with E-state index in [0.717, 1.165) is 108 Å². The largest absolute Gasteiger partial charge is 0.507 e. The summed E-state index contributed by atoms with van der Waals surface area (Å²) in [7, 11) is -7.42. The summed E-state index contributed by atoms with van der Waals surface area (Å²) in [5.41, 5.74) is 6.25. The Morgan fingerprint density at radius 1 is 0.415 bits per heavy atom. The summed E-state index contributed by atoms with van der Waals surface area (Å²) >= 11 is 0. The van der Waals surface area contributed by atoms with Gasteiger partial charge in [0.05, 0.1) is 85.9 Å². The summed E-state index contributed by atoms with van der Waals surface area (Å²) in [5, 5.41) is 43.1. The fraction of sp³-hybridized carbons (Fsp3) is 0.455. The third-order valence-corrected chi connectivity index (χ3v) is 18.8. The zero-order valence-corrected chi connectivity index (χ0v) is 62.6. The van der Waals surface area contributed by atoms with E-state index in [1.54, 1.807) is 18.2 Å². The maximum atomic E-state index is 12.4. The molecule has 3 heterocycles. The van der Waals surface area contributed by atoms with E-state index < -0.39 is 27.2 Å². The average molecular weight is 1500 g/mol. The number of nitrogens with zero attached hydrogens (tertiary/aromatic N) is 6. The van der Waals surface area contributed by atoms with Crippen molar-refractivity contribution in [3.63, 3.8) is 0 Å². The lowest BCUT2D eigenvalue weighted by molar-refractivity contribution is -0.118. The van der Waals surface area contributed by atoms with E-state index in [-0.39, 0.29) is 88.6 Å². The smallest absolute Gasteiger partial charge is 0.379 e. The van der Waals surface area contributed by atoms with Crippen molar-refractivity contribution in [3.05, 3.63) is 143 Å². The van der Waals surface area contributed by atoms with Gasteiger partial charge < -0.3 is 68.5 Å². The number of carbonyl (C=O) groups is 3. The Morgan fingerprint density at radius 2 is 0.689 bits per heavy atom. The van der Waals surface area contributed by atoms with E-state index in [1.807, 2.05) is 66.7 Å². The molecular formula is C77H101N11O16P2. The number of phosphoric acid groups is 1. The topological polar surface area (TPSA) is 367 Å². The van der Waals surface area contributed by atoms with Crippen LogP contribution in [0.5, 0.6) is 0 Å². The first kappa shape index (κ1) is 84.8. The van der Waals surface area contributed by atoms with Gasteiger partial charge in [0.15, 0.2) is 0 Å². The molecular weight excluding hydrogens is 1400 g/mol. The summed E-state index contributed by atoms with van der Waals surface area (Å²) in [6.07, 6.45) is 17.1. The number of nitriles is 3. The van der Waals surface area contributed by atoms with Crippen LogP contribution in [-0.4, -0.2) is 181 Å². The van der Waals surface area contributed by atoms with E-state index in [9.17, 15) is 39.3 Å². The van der Waals surface area contributed by atoms with E-state index in [0.29, 0.717) is 39.6 Å². The van der Waals surface area contributed by atoms with Crippen molar-refractivity contribution in [2.75, 3.05) is 173 Å². The van der Waals surface area contributed by atoms with Crippen LogP contribution in [0.3, 0.4) is 0 Å². The quantitative estimate of drug-likeness (QED) is 0.00686. The van der Waals surface area contributed by atoms with Crippen molar-refractivity contribution in [1.82, 2.24) is 16.0 Å². The Kier molecular flexibility index (Phi) is 37.8. The van der Waals surface area contributed by atoms with Crippen LogP contribution in [0.4, 0.5) is 17.1 Å². The van der Waals surface area contributed by atoms with Gasteiger partial charge in [-0.25, -0.2) is 16.4 Å². The Bertz CT molecular complexity index is 4090. The predicted octanol–water partition coefficient (Wildman–Crippen LogP) is 10.8. The SMILES string of the molecule is CCCOCCOCCNC(=O)/C(C#N)=C/c1ccc2cc(N3CCCCC3)ccc2c1.CP(=O)(O)OCCOCCOCCNC(=O)/C(C#N)=C/c1ccc2cc(N3CCCCC3)ccc2c1.N#C/C(=C\c1ccc2cc(N3CCCCC3)ccc2c1)C(=O)NCCOCCOCCOP(=O)(ON)ON. The van der Waals surface area contributed by atoms with E-state index in [1.165, 1.54) is 74.8 Å². The summed E-state index contributed by atoms with van der Waals surface area (Å²) in [6.45, 7) is 14.5. The standard InChI is InChI=1S/C26H34N3O6P.C26H33N3O3.C25H34N5O7P/c1-36(31,32)35-16-15-34-14-13-33-12-9-28-26(30)24(20-27)18-21-5-6-23-19-25(8-7-22(23)17-21)29-10-3-2-4-11-29;1-2-13-31-15-16-32-14-10-28-26(30)24(20-27)18-21-6-7-23-19-25(9-8-22(23)17-21)29-11-4-3-5-12-29;26-19-23(25(31)29-8-11-33-12-13-34-14-15-35-38(32,36-27)37-28)17-20-4-5-22-18-24(7-6-21(22)16-20)30-9-2-1-3-10-30/h5-8,17-19H,2-4,9-16H2,1H3,(H,28,30)(H,31,32);6-9,17-19H,2-5,10-16H2,1H3,(H,28,30);4-7,16-18H,1-3,8-15,27-28H2,(H,29,31)/b2*24-18+;23-17+. The molecule has 106 heavy (non-hydrogen) atoms. The number of benzene rings is 6. The molecule has 8 N–H and O–H groups in total. The van der Waals surface area contributed by atoms with Gasteiger partial charge in [0, 0.05) is 89.2 Å². The third-order valence-electron chi connectivity index (χ3n) is 17.1. The molecule has 9 rings (SSSR count). The van der Waals surface area contributed by atoms with Crippen molar-refractivity contribution in [2.45, 2.75) is 71.1 Å². The van der Waals surface area contributed by atoms with Gasteiger partial charge in [0.1, 0.15) is 34.9 Å². The van der Waals surface area contributed by atoms with Gasteiger partial charge in [-0.3, -0.25) is 23.5 Å². The highest BCUT2D eigenvalue weighted by molar-refractivity contribution is 7.51. The molecule has 6 aromatic rings. The summed E-state index contributed by atoms with van der Waals surface area (Å²) < 4.78 is 71.8. The maximum absolute atomic E-state index is 12.4. The number of nitrogens with one attached hydrogen (secondary N) is 3. The first-order valence-corrected chi connectivity index (χ1v) is 39.5. The van der Waals surface area contributed by atoms with E-state index in [2.05, 4.69) is 112 Å². The van der Waals surface area contributed by atoms with Gasteiger partial charge >= 0.3 is 15.4 Å². The highest BCUT2D eigenvalue weighted by atomic mass is 31.2. The van der Waals surface area contributed by atoms with Gasteiger partial charge in [-0.05, 0) is 186 Å². The van der Waals surface area contributed by atoms with Crippen LogP contribution in [0, 0.1) is 34.0 Å². The number of fused-ring (bicyclic) bond motifs is 3. The van der Waals surface area contributed by atoms with Crippen LogP contribution >= 0.6 is 15.4 Å². The van der Waals surface area contributed by atoms with Crippen molar-refractivity contribution in [1.29, 1.82) is 15.8 Å². The minimum Gasteiger partial charge on any atom is -0.379 e. The fourth-order valence-electron chi connectivity index (χ4n) is 11.7. The highest BCUT2D eigenvalue weighted by Crippen LogP contribution is 2.45. The maximum Gasteiger partial charge on any atom is 0.507 e. The molecule has 27 nitrogen and oxygen atoms in total. The monoisotopic (exact) mass is 1500 g/mol. The Balaban J connectivity index is 0.000000223. The fourth-order valence-corrected chi connectivity index (χ4v) is 12.6. The zero-order chi connectivity index (χ0) is 75.6. The van der Waals surface area contributed by atoms with Crippen molar-refractivity contribution in [3.8, 4) is 18.2 Å². The molecule has 570 valence electrons. The van der Waals surface area contributed by atoms with Crippen LogP contribution in [0.2, 0.25) is 0 Å². The van der Waals surface area contributed by atoms with Crippen molar-refractivity contribution in [2.24, 2.45) is 11.8 Å². The molecule has 6 aromatic carbocycles. The van der Waals surface area contributed by atoms with Crippen molar-refractivity contribution >= 4 is 101 Å². The molecule has 0 aliphatic carbocycles. The van der Waals surface area contributed by atoms with Gasteiger partial charge in [-0.15, -0.1) is 0 Å². The molecule has 3 amide bonds. The molecule has 0 aromatic heterocycles. The number of amides is 3. The molecule has 0 bridgehead atoms. The molecule has 1 unspecified atom stereocenters. The lowest BCUT2D eigenvalue weighted by Gasteiger charge is -2.29. The van der Waals surface area contributed by atoms with Gasteiger partial charge in [-0.2, -0.15) is 25.0 Å². The predicted molar refractivity (Wildman–Crippen MR) is 411 cm³/mol. The number of hydrogen-bond acceptors (Lipinski definition) is 23. The number of nitrogens with two attached hydrogens (primary N) is 2. The Morgan fingerprint density at radius 3 is 0.981 bits per heavy atom. The number of ether oxygens (including phenoxy) is 6. The zero-order valence-electron chi connectivity index (χ0n) is 60.8. The molecule has 29 heteroatoms. The van der Waals surface area contributed by atoms with Gasteiger partial charge in [-0.1, -0.05) is 61.5 Å².